The Morgan fingerprint density at radius 2 is 2.16 bits per heavy atom. The number of hydrogen-bond donors (Lipinski definition) is 1. The number of ether oxygens (including phenoxy) is 2. The van der Waals surface area contributed by atoms with Crippen LogP contribution in [0, 0.1) is 0 Å². The van der Waals surface area contributed by atoms with Gasteiger partial charge in [0.1, 0.15) is 5.75 Å². The number of carbonyl (C=O) groups excluding carboxylic acids is 1. The van der Waals surface area contributed by atoms with Crippen LogP contribution in [0.2, 0.25) is 5.02 Å². The van der Waals surface area contributed by atoms with Crippen molar-refractivity contribution in [2.45, 2.75) is 26.0 Å². The Labute approximate surface area is 114 Å². The molecule has 0 saturated carbocycles. The van der Waals surface area contributed by atoms with Gasteiger partial charge in [0, 0.05) is 16.6 Å². The third kappa shape index (κ3) is 4.65. The Hall–Kier alpha value is -1.40. The van der Waals surface area contributed by atoms with Crippen molar-refractivity contribution in [3.05, 3.63) is 28.8 Å². The highest BCUT2D eigenvalue weighted by Gasteiger charge is 2.21. The zero-order valence-corrected chi connectivity index (χ0v) is 11.0. The van der Waals surface area contributed by atoms with Crippen molar-refractivity contribution in [1.29, 1.82) is 0 Å². The number of alkyl halides is 2. The van der Waals surface area contributed by atoms with Gasteiger partial charge in [-0.25, -0.2) is 0 Å². The molecule has 0 spiro atoms. The van der Waals surface area contributed by atoms with Crippen molar-refractivity contribution in [2.75, 3.05) is 6.61 Å². The van der Waals surface area contributed by atoms with Crippen LogP contribution < -0.4 is 10.5 Å². The molecule has 1 aromatic carbocycles. The van der Waals surface area contributed by atoms with Gasteiger partial charge >= 0.3 is 12.6 Å². The van der Waals surface area contributed by atoms with E-state index in [9.17, 15) is 13.6 Å². The van der Waals surface area contributed by atoms with Gasteiger partial charge in [0.25, 0.3) is 0 Å². The van der Waals surface area contributed by atoms with E-state index in [1.165, 1.54) is 18.2 Å². The lowest BCUT2D eigenvalue weighted by Gasteiger charge is -2.17. The third-order valence-electron chi connectivity index (χ3n) is 2.29. The number of rotatable bonds is 6. The van der Waals surface area contributed by atoms with Crippen molar-refractivity contribution < 1.29 is 23.0 Å². The van der Waals surface area contributed by atoms with Crippen molar-refractivity contribution in [3.63, 3.8) is 0 Å². The van der Waals surface area contributed by atoms with E-state index in [-0.39, 0.29) is 29.4 Å². The molecule has 0 aliphatic rings. The molecular formula is C12H14ClF2NO3. The Balaban J connectivity index is 2.93. The number of benzene rings is 1. The maximum Gasteiger partial charge on any atom is 0.387 e. The predicted molar refractivity (Wildman–Crippen MR) is 66.3 cm³/mol. The topological polar surface area (TPSA) is 61.5 Å². The maximum atomic E-state index is 12.3. The highest BCUT2D eigenvalue weighted by Crippen LogP contribution is 2.33. The molecule has 7 heteroatoms. The van der Waals surface area contributed by atoms with Gasteiger partial charge in [0.2, 0.25) is 0 Å². The summed E-state index contributed by atoms with van der Waals surface area (Å²) in [5, 5.41) is 0.162. The first-order chi connectivity index (χ1) is 8.95. The summed E-state index contributed by atoms with van der Waals surface area (Å²) in [5.41, 5.74) is 5.96. The maximum absolute atomic E-state index is 12.3. The SMILES string of the molecule is CCOC(=O)C[C@@H](N)c1c(Cl)cccc1OC(F)F. The van der Waals surface area contributed by atoms with E-state index in [0.717, 1.165) is 0 Å². The summed E-state index contributed by atoms with van der Waals surface area (Å²) in [7, 11) is 0. The molecule has 0 radical (unpaired) electrons. The van der Waals surface area contributed by atoms with Gasteiger partial charge in [-0.1, -0.05) is 17.7 Å². The fraction of sp³-hybridized carbons (Fsp3) is 0.417. The molecule has 1 rings (SSSR count). The summed E-state index contributed by atoms with van der Waals surface area (Å²) in [4.78, 5) is 11.3. The minimum absolute atomic E-state index is 0.140. The van der Waals surface area contributed by atoms with Crippen LogP contribution in [0.4, 0.5) is 8.78 Å². The van der Waals surface area contributed by atoms with E-state index in [4.69, 9.17) is 22.1 Å². The molecule has 0 heterocycles. The van der Waals surface area contributed by atoms with E-state index in [2.05, 4.69) is 4.74 Å². The van der Waals surface area contributed by atoms with Crippen LogP contribution in [0.15, 0.2) is 18.2 Å². The van der Waals surface area contributed by atoms with E-state index < -0.39 is 18.6 Å². The second kappa shape index (κ2) is 7.25. The molecule has 1 atom stereocenters. The smallest absolute Gasteiger partial charge is 0.387 e. The Kier molecular flexibility index (Phi) is 5.98. The molecule has 2 N–H and O–H groups in total. The molecule has 106 valence electrons. The average Bonchev–Trinajstić information content (AvgIpc) is 2.27. The highest BCUT2D eigenvalue weighted by molar-refractivity contribution is 6.31. The van der Waals surface area contributed by atoms with Crippen molar-refractivity contribution >= 4 is 17.6 Å². The molecule has 0 aliphatic heterocycles. The Bertz CT molecular complexity index is 443. The molecule has 0 amide bonds. The Morgan fingerprint density at radius 3 is 2.74 bits per heavy atom. The number of hydrogen-bond acceptors (Lipinski definition) is 4. The number of carbonyl (C=O) groups is 1. The zero-order chi connectivity index (χ0) is 14.4. The fourth-order valence-corrected chi connectivity index (χ4v) is 1.88. The minimum atomic E-state index is -2.99. The molecule has 0 bridgehead atoms. The predicted octanol–water partition coefficient (Wildman–Crippen LogP) is 2.89. The quantitative estimate of drug-likeness (QED) is 0.819. The van der Waals surface area contributed by atoms with Crippen molar-refractivity contribution in [3.8, 4) is 5.75 Å². The molecule has 0 fully saturated rings. The first kappa shape index (κ1) is 15.7. The van der Waals surface area contributed by atoms with Crippen LogP contribution in [0.1, 0.15) is 24.9 Å². The summed E-state index contributed by atoms with van der Waals surface area (Å²) in [6.07, 6.45) is -0.169. The van der Waals surface area contributed by atoms with Crippen LogP contribution in [-0.4, -0.2) is 19.2 Å². The van der Waals surface area contributed by atoms with E-state index in [0.29, 0.717) is 0 Å². The molecule has 19 heavy (non-hydrogen) atoms. The summed E-state index contributed by atoms with van der Waals surface area (Å²) in [5.74, 6) is -0.669. The molecule has 0 saturated heterocycles. The van der Waals surface area contributed by atoms with Gasteiger partial charge in [0.05, 0.1) is 13.0 Å². The monoisotopic (exact) mass is 293 g/mol. The highest BCUT2D eigenvalue weighted by atomic mass is 35.5. The van der Waals surface area contributed by atoms with Gasteiger partial charge in [-0.3, -0.25) is 4.79 Å². The molecule has 0 aromatic heterocycles. The minimum Gasteiger partial charge on any atom is -0.466 e. The van der Waals surface area contributed by atoms with Crippen LogP contribution in [-0.2, 0) is 9.53 Å². The van der Waals surface area contributed by atoms with Crippen LogP contribution in [0.25, 0.3) is 0 Å². The number of halogens is 3. The number of nitrogens with two attached hydrogens (primary N) is 1. The third-order valence-corrected chi connectivity index (χ3v) is 2.62. The molecule has 0 unspecified atom stereocenters. The summed E-state index contributed by atoms with van der Waals surface area (Å²) in [6.45, 7) is -1.12. The van der Waals surface area contributed by atoms with Gasteiger partial charge in [0.15, 0.2) is 0 Å². The van der Waals surface area contributed by atoms with Crippen LogP contribution in [0.3, 0.4) is 0 Å². The molecule has 4 nitrogen and oxygen atoms in total. The van der Waals surface area contributed by atoms with Gasteiger partial charge in [-0.2, -0.15) is 8.78 Å². The molecule has 0 aliphatic carbocycles. The normalized spacial score (nSPS) is 12.3. The van der Waals surface area contributed by atoms with Crippen molar-refractivity contribution in [2.24, 2.45) is 5.73 Å². The molecule has 1 aromatic rings. The Morgan fingerprint density at radius 1 is 1.47 bits per heavy atom. The second-order valence-corrected chi connectivity index (χ2v) is 4.05. The van der Waals surface area contributed by atoms with Gasteiger partial charge < -0.3 is 15.2 Å². The number of esters is 1. The summed E-state index contributed by atoms with van der Waals surface area (Å²) >= 11 is 5.91. The van der Waals surface area contributed by atoms with Crippen LogP contribution in [0.5, 0.6) is 5.75 Å². The fourth-order valence-electron chi connectivity index (χ4n) is 1.58. The first-order valence-electron chi connectivity index (χ1n) is 5.60. The van der Waals surface area contributed by atoms with Crippen molar-refractivity contribution in [1.82, 2.24) is 0 Å². The zero-order valence-electron chi connectivity index (χ0n) is 10.2. The summed E-state index contributed by atoms with van der Waals surface area (Å²) < 4.78 is 33.6. The van der Waals surface area contributed by atoms with E-state index in [1.54, 1.807) is 6.92 Å². The lowest BCUT2D eigenvalue weighted by Crippen LogP contribution is -2.19. The van der Waals surface area contributed by atoms with E-state index >= 15 is 0 Å². The standard InChI is InChI=1S/C12H14ClF2NO3/c1-2-18-10(17)6-8(16)11-7(13)4-3-5-9(11)19-12(14)15/h3-5,8,12H,2,6,16H2,1H3/t8-/m1/s1. The largest absolute Gasteiger partial charge is 0.466 e. The van der Waals surface area contributed by atoms with Crippen LogP contribution >= 0.6 is 11.6 Å². The first-order valence-corrected chi connectivity index (χ1v) is 5.98. The average molecular weight is 294 g/mol. The molecular weight excluding hydrogens is 280 g/mol. The second-order valence-electron chi connectivity index (χ2n) is 3.65. The lowest BCUT2D eigenvalue weighted by molar-refractivity contribution is -0.143. The van der Waals surface area contributed by atoms with Gasteiger partial charge in [-0.05, 0) is 19.1 Å². The van der Waals surface area contributed by atoms with Gasteiger partial charge in [-0.15, -0.1) is 0 Å². The lowest BCUT2D eigenvalue weighted by atomic mass is 10.0. The van der Waals surface area contributed by atoms with E-state index in [1.807, 2.05) is 0 Å². The summed E-state index contributed by atoms with van der Waals surface area (Å²) in [6, 6.07) is 3.39.